The van der Waals surface area contributed by atoms with E-state index in [1.165, 1.54) is 56.9 Å². The molecular formula is C80H127N25O28. The number of aliphatic carboxylic acids is 2. The number of carbonyl (C=O) groups excluding carboxylic acids is 19. The number of carboxylic acid groups (broad SMARTS) is 2. The normalized spacial score (nSPS) is 20.5. The van der Waals surface area contributed by atoms with Crippen LogP contribution in [0.25, 0.3) is 0 Å². The topological polar surface area (TPSA) is 796 Å². The minimum Gasteiger partial charge on any atom is -0.481 e. The Balaban J connectivity index is 0.978. The van der Waals surface area contributed by atoms with Gasteiger partial charge in [-0.1, -0.05) is 13.8 Å². The number of amides is 19. The van der Waals surface area contributed by atoms with Gasteiger partial charge >= 0.3 is 11.9 Å². The highest BCUT2D eigenvalue weighted by Gasteiger charge is 2.47. The van der Waals surface area contributed by atoms with Crippen molar-refractivity contribution in [2.45, 2.75) is 279 Å². The summed E-state index contributed by atoms with van der Waals surface area (Å²) in [5.41, 5.74) is 5.71. The predicted octanol–water partition coefficient (Wildman–Crippen LogP) is -13.1. The van der Waals surface area contributed by atoms with Gasteiger partial charge < -0.3 is 156 Å². The fourth-order valence-corrected chi connectivity index (χ4v) is 15.5. The molecule has 28 N–H and O–H groups in total. The molecule has 5 saturated heterocycles. The van der Waals surface area contributed by atoms with Gasteiger partial charge in [0.2, 0.25) is 112 Å². The summed E-state index contributed by atoms with van der Waals surface area (Å²) in [6.45, 7) is 8.21. The van der Waals surface area contributed by atoms with Crippen LogP contribution in [0.5, 0.6) is 0 Å². The van der Waals surface area contributed by atoms with Crippen molar-refractivity contribution in [3.8, 4) is 0 Å². The number of aliphatic hydroxyl groups is 5. The second-order valence-corrected chi connectivity index (χ2v) is 33.6. The van der Waals surface area contributed by atoms with Crippen LogP contribution in [0.2, 0.25) is 0 Å². The quantitative estimate of drug-likeness (QED) is 0.0164. The van der Waals surface area contributed by atoms with E-state index in [1.807, 2.05) is 0 Å². The zero-order chi connectivity index (χ0) is 99.1. The molecule has 1 aromatic heterocycles. The Morgan fingerprint density at radius 2 is 0.880 bits per heavy atom. The van der Waals surface area contributed by atoms with Crippen LogP contribution >= 0.6 is 0 Å². The van der Waals surface area contributed by atoms with Crippen molar-refractivity contribution in [3.63, 3.8) is 0 Å². The first-order valence-electron chi connectivity index (χ1n) is 43.9. The average Bonchev–Trinajstić information content (AvgIpc) is 1.60. The lowest BCUT2D eigenvalue weighted by atomic mass is 10.0. The lowest BCUT2D eigenvalue weighted by Gasteiger charge is -2.33. The standard InChI is InChI=1S/C80H127N25O28/c1-36(2)58(71(124)101-61(43(9)110)74(127)97-50(34-107)66(119)92-40(6)79(132)133)98-56(112)32-86-63(116)47(28-44-30-83-35-88-44)95-62(115)37(3)89-69(122)53-20-14-26-104(53)78(131)54-21-15-27-105(54)76(129)39(5)91-72(125)59(41(7)108)100-67(120)49(33-106)93-55(111)31-87-68(121)51-18-12-24-102(51)75(128)38(4)90-70(123)52-19-13-25-103(52)77(130)46(17-11-23-85-80(81)82)94-73(126)60(42(8)109)99-65(118)48(29-57(113)114)96-64(117)45-16-10-22-84-45/h30,35-43,45-54,58-61,84,106-110H,10-29,31-34H2,1-9H3,(H,83,88)(H,86,116)(H,87,121)(H,89,122)(H,90,123)(H,91,125)(H,92,119)(H,93,111)(H,94,126)(H,95,115)(H,96,117)(H,97,127)(H,98,112)(H,99,118)(H,100,120)(H,101,124)(H,113,114)(H,132,133)(H4,81,82,85)/t37-,38-,39-,40-,41+,42+,43+,45-,46-,47-,48-,49-,50-,51-,52-,53-,54-,58-,59-,60-,61-/m0/s1. The van der Waals surface area contributed by atoms with Gasteiger partial charge in [-0.25, -0.2) is 4.98 Å². The first-order valence-corrected chi connectivity index (χ1v) is 43.9. The second-order valence-electron chi connectivity index (χ2n) is 33.6. The van der Waals surface area contributed by atoms with Crippen LogP contribution in [-0.4, -0.2) is 388 Å². The highest BCUT2D eigenvalue weighted by atomic mass is 16.4. The number of hydrogen-bond acceptors (Lipinski definition) is 29. The van der Waals surface area contributed by atoms with Gasteiger partial charge in [0, 0.05) is 45.3 Å². The van der Waals surface area contributed by atoms with Gasteiger partial charge in [-0.3, -0.25) is 106 Å². The van der Waals surface area contributed by atoms with E-state index in [0.717, 1.165) is 37.5 Å². The van der Waals surface area contributed by atoms with E-state index in [9.17, 15) is 131 Å². The number of hydrogen-bond donors (Lipinski definition) is 27. The number of nitrogens with two attached hydrogens (primary N) is 1. The van der Waals surface area contributed by atoms with Crippen LogP contribution in [0.3, 0.4) is 0 Å². The molecule has 6 heterocycles. The molecule has 0 aromatic carbocycles. The van der Waals surface area contributed by atoms with Crippen LogP contribution in [0, 0.1) is 11.3 Å². The summed E-state index contributed by atoms with van der Waals surface area (Å²) in [6, 6.07) is -26.1. The number of guanidine groups is 1. The summed E-state index contributed by atoms with van der Waals surface area (Å²) >= 11 is 0. The van der Waals surface area contributed by atoms with Gasteiger partial charge in [0.25, 0.3) is 0 Å². The zero-order valence-corrected chi connectivity index (χ0v) is 75.3. The third kappa shape index (κ3) is 32.0. The Bertz CT molecular complexity index is 4360. The van der Waals surface area contributed by atoms with Gasteiger partial charge in [0.15, 0.2) is 5.96 Å². The number of imidazole rings is 1. The maximum absolute atomic E-state index is 14.5. The molecule has 0 radical (unpaired) electrons. The molecule has 0 unspecified atom stereocenters. The number of aromatic nitrogens is 2. The lowest BCUT2D eigenvalue weighted by Crippen LogP contribution is -2.61. The Morgan fingerprint density at radius 3 is 1.39 bits per heavy atom. The third-order valence-electron chi connectivity index (χ3n) is 22.8. The molecule has 0 saturated carbocycles. The molecule has 1 aromatic rings. The number of carbonyl (C=O) groups is 21. The van der Waals surface area contributed by atoms with Crippen LogP contribution < -0.4 is 96.1 Å². The lowest BCUT2D eigenvalue weighted by molar-refractivity contribution is -0.148. The molecule has 5 aliphatic heterocycles. The van der Waals surface area contributed by atoms with Crippen LogP contribution in [-0.2, 0) is 107 Å². The molecule has 133 heavy (non-hydrogen) atoms. The number of carboxylic acids is 2. The van der Waals surface area contributed by atoms with Crippen molar-refractivity contribution < 1.29 is 136 Å². The van der Waals surface area contributed by atoms with Crippen LogP contribution in [0.4, 0.5) is 0 Å². The van der Waals surface area contributed by atoms with Gasteiger partial charge in [-0.15, -0.1) is 0 Å². The molecule has 21 atom stereocenters. The minimum atomic E-state index is -1.86. The maximum Gasteiger partial charge on any atom is 0.325 e. The van der Waals surface area contributed by atoms with Crippen LogP contribution in [0.15, 0.2) is 12.5 Å². The monoisotopic (exact) mass is 1890 g/mol. The van der Waals surface area contributed by atoms with Gasteiger partial charge in [-0.2, -0.15) is 0 Å². The largest absolute Gasteiger partial charge is 0.481 e. The number of H-pyrrole nitrogens is 1. The molecule has 53 heteroatoms. The molecule has 5 aliphatic rings. The number of aliphatic hydroxyl groups excluding tert-OH is 5. The summed E-state index contributed by atoms with van der Waals surface area (Å²) in [5, 5.41) is 119. The summed E-state index contributed by atoms with van der Waals surface area (Å²) in [5.74, 6) is -21.8. The van der Waals surface area contributed by atoms with Crippen LogP contribution in [0.1, 0.15) is 151 Å². The van der Waals surface area contributed by atoms with Gasteiger partial charge in [0.05, 0.1) is 69.1 Å². The highest BCUT2D eigenvalue weighted by Crippen LogP contribution is 2.27. The fourth-order valence-electron chi connectivity index (χ4n) is 15.5. The molecule has 0 aliphatic carbocycles. The molecule has 5 fully saturated rings. The number of nitrogens with zero attached hydrogens (tertiary/aromatic N) is 5. The van der Waals surface area contributed by atoms with Crippen molar-refractivity contribution in [1.82, 2.24) is 120 Å². The Labute approximate surface area is 763 Å². The molecule has 6 rings (SSSR count). The SMILES string of the molecule is CC(C)[C@H](NC(=O)CNC(=O)[C@H](Cc1c[nH]cn1)NC(=O)[C@H](C)NC(=O)[C@@H]1CCCN1C(=O)[C@@H]1CCCN1C(=O)[C@H](C)NC(=O)[C@@H](NC(=O)[C@H](CO)NC(=O)CNC(=O)[C@@H]1CCCN1C(=O)[C@H](C)NC(=O)[C@@H]1CCCN1C(=O)[C@H](CCCNC(=N)N)NC(=O)[C@@H](NC(=O)[C@H](CC(=O)O)NC(=O)[C@@H]1CCCN1)[C@@H](C)O)[C@@H](C)O)C(=O)N[C@H](C(=O)N[C@@H](CO)C(=O)N[C@@H](C)C(=O)O)[C@@H](C)O. The summed E-state index contributed by atoms with van der Waals surface area (Å²) in [7, 11) is 0. The van der Waals surface area contributed by atoms with Crippen molar-refractivity contribution in [2.24, 2.45) is 11.7 Å². The summed E-state index contributed by atoms with van der Waals surface area (Å²) in [6.07, 6.45) is -0.939. The van der Waals surface area contributed by atoms with Gasteiger partial charge in [-0.05, 0) is 138 Å². The molecule has 53 nitrogen and oxygen atoms in total. The minimum absolute atomic E-state index is 0.00328. The van der Waals surface area contributed by atoms with E-state index in [-0.39, 0.29) is 96.2 Å². The molecule has 19 amide bonds. The van der Waals surface area contributed by atoms with Crippen molar-refractivity contribution >= 4 is 130 Å². The number of nitrogens with one attached hydrogen (secondary N) is 19. The first-order chi connectivity index (χ1) is 62.7. The van der Waals surface area contributed by atoms with E-state index in [0.29, 0.717) is 32.2 Å². The Hall–Kier alpha value is -12.9. The Morgan fingerprint density at radius 1 is 0.436 bits per heavy atom. The van der Waals surface area contributed by atoms with E-state index < -0.39 is 296 Å². The van der Waals surface area contributed by atoms with Crippen molar-refractivity contribution in [1.29, 1.82) is 5.41 Å². The maximum atomic E-state index is 14.5. The molecule has 740 valence electrons. The zero-order valence-electron chi connectivity index (χ0n) is 75.3. The smallest absolute Gasteiger partial charge is 0.325 e. The second kappa shape index (κ2) is 51.8. The molecule has 0 spiro atoms. The highest BCUT2D eigenvalue weighted by molar-refractivity contribution is 6.02. The average molecular weight is 1890 g/mol. The fraction of sp³-hybridized carbons (Fsp3) is 0.688. The van der Waals surface area contributed by atoms with E-state index >= 15 is 0 Å². The van der Waals surface area contributed by atoms with E-state index in [2.05, 4.69) is 100 Å². The Kier molecular flexibility index (Phi) is 42.4. The number of rotatable bonds is 49. The predicted molar refractivity (Wildman–Crippen MR) is 459 cm³/mol. The van der Waals surface area contributed by atoms with E-state index in [1.54, 1.807) is 0 Å². The van der Waals surface area contributed by atoms with Crippen molar-refractivity contribution in [3.05, 3.63) is 18.2 Å². The molecule has 0 bridgehead atoms. The first kappa shape index (κ1) is 109. The van der Waals surface area contributed by atoms with E-state index in [4.69, 9.17) is 16.2 Å². The van der Waals surface area contributed by atoms with Gasteiger partial charge in [0.1, 0.15) is 103 Å². The number of likely N-dealkylation sites (tertiary alicyclic amines) is 4. The third-order valence-corrected chi connectivity index (χ3v) is 22.8. The number of aromatic amines is 1. The summed E-state index contributed by atoms with van der Waals surface area (Å²) in [4.78, 5) is 296. The molecular weight excluding hydrogens is 1760 g/mol. The van der Waals surface area contributed by atoms with Crippen molar-refractivity contribution in [2.75, 3.05) is 65.6 Å². The summed E-state index contributed by atoms with van der Waals surface area (Å²) < 4.78 is 0.